The number of rotatable bonds is 2. The van der Waals surface area contributed by atoms with Crippen LogP contribution >= 0.6 is 0 Å². The van der Waals surface area contributed by atoms with Crippen molar-refractivity contribution in [3.05, 3.63) is 102 Å². The standard InChI is InChI=1S/C33H23NO6/c1-17-6-10-22-24-15-23(20-8-11-25-27(14-20)39-16-38-25)28-30(29(24)33(37)40-26(22)12-17)32(36)34(31(28)35)21-9-7-18-4-2-3-5-19(18)13-21/h2-15,23,28-30H,16H2,1H3/t23-,28+,29-,30-/m1/s1. The number of carbonyl (C=O) groups is 3. The molecule has 0 bridgehead atoms. The summed E-state index contributed by atoms with van der Waals surface area (Å²) in [6, 6.07) is 24.6. The Morgan fingerprint density at radius 2 is 1.55 bits per heavy atom. The maximum atomic E-state index is 14.2. The molecule has 4 aliphatic rings. The van der Waals surface area contributed by atoms with Crippen LogP contribution in [-0.2, 0) is 14.4 Å². The molecule has 8 rings (SSSR count). The number of imide groups is 1. The van der Waals surface area contributed by atoms with Crippen LogP contribution in [-0.4, -0.2) is 24.6 Å². The van der Waals surface area contributed by atoms with E-state index in [4.69, 9.17) is 14.2 Å². The van der Waals surface area contributed by atoms with Gasteiger partial charge in [-0.3, -0.25) is 14.4 Å². The highest BCUT2D eigenvalue weighted by Gasteiger charge is 2.60. The summed E-state index contributed by atoms with van der Waals surface area (Å²) in [6.07, 6.45) is 1.98. The number of aryl methyl sites for hydroxylation is 1. The van der Waals surface area contributed by atoms with Crippen LogP contribution in [0.15, 0.2) is 84.9 Å². The van der Waals surface area contributed by atoms with Gasteiger partial charge in [-0.05, 0) is 64.7 Å². The molecule has 4 aromatic rings. The van der Waals surface area contributed by atoms with Crippen molar-refractivity contribution in [2.24, 2.45) is 17.8 Å². The minimum atomic E-state index is -0.906. The van der Waals surface area contributed by atoms with E-state index in [1.165, 1.54) is 4.90 Å². The maximum Gasteiger partial charge on any atom is 0.319 e. The molecule has 0 N–H and O–H groups in total. The molecule has 1 aliphatic carbocycles. The number of anilines is 1. The second-order valence-corrected chi connectivity index (χ2v) is 10.8. The minimum Gasteiger partial charge on any atom is -0.454 e. The molecule has 1 fully saturated rings. The van der Waals surface area contributed by atoms with Crippen molar-refractivity contribution in [1.82, 2.24) is 0 Å². The number of ether oxygens (including phenoxy) is 3. The molecule has 4 atom stereocenters. The lowest BCUT2D eigenvalue weighted by atomic mass is 9.64. The lowest BCUT2D eigenvalue weighted by Gasteiger charge is -2.38. The first kappa shape index (κ1) is 23.0. The van der Waals surface area contributed by atoms with E-state index in [1.807, 2.05) is 85.8 Å². The fourth-order valence-electron chi connectivity index (χ4n) is 6.68. The van der Waals surface area contributed by atoms with Crippen molar-refractivity contribution < 1.29 is 28.6 Å². The quantitative estimate of drug-likeness (QED) is 0.197. The zero-order chi connectivity index (χ0) is 27.1. The van der Waals surface area contributed by atoms with Crippen LogP contribution in [0.4, 0.5) is 5.69 Å². The molecule has 1 saturated heterocycles. The first-order chi connectivity index (χ1) is 19.5. The van der Waals surface area contributed by atoms with Crippen LogP contribution in [0.3, 0.4) is 0 Å². The third-order valence-corrected chi connectivity index (χ3v) is 8.52. The van der Waals surface area contributed by atoms with E-state index < -0.39 is 29.6 Å². The molecule has 3 heterocycles. The predicted octanol–water partition coefficient (Wildman–Crippen LogP) is 5.40. The number of esters is 1. The fraction of sp³-hybridized carbons (Fsp3) is 0.182. The van der Waals surface area contributed by atoms with Gasteiger partial charge in [0.15, 0.2) is 11.5 Å². The summed E-state index contributed by atoms with van der Waals surface area (Å²) >= 11 is 0. The normalized spacial score (nSPS) is 24.4. The summed E-state index contributed by atoms with van der Waals surface area (Å²) in [5.41, 5.74) is 3.76. The third-order valence-electron chi connectivity index (χ3n) is 8.52. The summed E-state index contributed by atoms with van der Waals surface area (Å²) in [5, 5.41) is 1.93. The molecule has 0 aromatic heterocycles. The summed E-state index contributed by atoms with van der Waals surface area (Å²) in [5.74, 6) is -2.57. The fourth-order valence-corrected chi connectivity index (χ4v) is 6.68. The molecule has 0 spiro atoms. The van der Waals surface area contributed by atoms with Gasteiger partial charge in [-0.1, -0.05) is 54.6 Å². The highest BCUT2D eigenvalue weighted by Crippen LogP contribution is 2.55. The molecule has 2 amide bonds. The number of hydrogen-bond acceptors (Lipinski definition) is 6. The van der Waals surface area contributed by atoms with Crippen LogP contribution in [0.1, 0.15) is 22.6 Å². The van der Waals surface area contributed by atoms with Gasteiger partial charge >= 0.3 is 5.97 Å². The molecule has 40 heavy (non-hydrogen) atoms. The Labute approximate surface area is 229 Å². The highest BCUT2D eigenvalue weighted by atomic mass is 16.7. The van der Waals surface area contributed by atoms with E-state index in [9.17, 15) is 14.4 Å². The number of carbonyl (C=O) groups excluding carboxylic acids is 3. The van der Waals surface area contributed by atoms with Crippen molar-refractivity contribution in [2.75, 3.05) is 11.7 Å². The lowest BCUT2D eigenvalue weighted by molar-refractivity contribution is -0.142. The molecule has 0 radical (unpaired) electrons. The molecular formula is C33H23NO6. The van der Waals surface area contributed by atoms with Crippen LogP contribution < -0.4 is 19.1 Å². The van der Waals surface area contributed by atoms with E-state index in [0.29, 0.717) is 22.9 Å². The number of hydrogen-bond donors (Lipinski definition) is 0. The maximum absolute atomic E-state index is 14.2. The molecule has 7 nitrogen and oxygen atoms in total. The number of fused-ring (bicyclic) bond motifs is 7. The number of nitrogens with zero attached hydrogens (tertiary/aromatic N) is 1. The zero-order valence-corrected chi connectivity index (χ0v) is 21.5. The molecule has 4 aromatic carbocycles. The lowest BCUT2D eigenvalue weighted by Crippen LogP contribution is -2.42. The van der Waals surface area contributed by atoms with Crippen molar-refractivity contribution in [3.8, 4) is 17.2 Å². The second-order valence-electron chi connectivity index (χ2n) is 10.8. The Morgan fingerprint density at radius 1 is 0.750 bits per heavy atom. The number of amides is 2. The van der Waals surface area contributed by atoms with Crippen molar-refractivity contribution in [3.63, 3.8) is 0 Å². The Hall–Kier alpha value is -4.91. The van der Waals surface area contributed by atoms with E-state index in [1.54, 1.807) is 6.07 Å². The van der Waals surface area contributed by atoms with Crippen molar-refractivity contribution in [2.45, 2.75) is 12.8 Å². The average molecular weight is 530 g/mol. The van der Waals surface area contributed by atoms with Gasteiger partial charge in [-0.25, -0.2) is 4.90 Å². The Kier molecular flexibility index (Phi) is 4.77. The van der Waals surface area contributed by atoms with Crippen LogP contribution in [0.25, 0.3) is 16.3 Å². The number of allylic oxidation sites excluding steroid dienone is 1. The van der Waals surface area contributed by atoms with E-state index in [-0.39, 0.29) is 18.6 Å². The van der Waals surface area contributed by atoms with Crippen LogP contribution in [0.2, 0.25) is 0 Å². The molecule has 3 aliphatic heterocycles. The smallest absolute Gasteiger partial charge is 0.319 e. The Morgan fingerprint density at radius 3 is 2.42 bits per heavy atom. The second kappa shape index (κ2) is 8.29. The van der Waals surface area contributed by atoms with Crippen molar-refractivity contribution in [1.29, 1.82) is 0 Å². The first-order valence-corrected chi connectivity index (χ1v) is 13.3. The first-order valence-electron chi connectivity index (χ1n) is 13.3. The highest BCUT2D eigenvalue weighted by molar-refractivity contribution is 6.25. The molecular weight excluding hydrogens is 506 g/mol. The predicted molar refractivity (Wildman–Crippen MR) is 147 cm³/mol. The summed E-state index contributed by atoms with van der Waals surface area (Å²) in [6.45, 7) is 2.06. The minimum absolute atomic E-state index is 0.129. The third kappa shape index (κ3) is 3.21. The van der Waals surface area contributed by atoms with Gasteiger partial charge in [0.25, 0.3) is 0 Å². The van der Waals surface area contributed by atoms with Gasteiger partial charge in [0.05, 0.1) is 23.4 Å². The monoisotopic (exact) mass is 529 g/mol. The average Bonchev–Trinajstić information content (AvgIpc) is 3.53. The summed E-state index contributed by atoms with van der Waals surface area (Å²) in [4.78, 5) is 43.3. The van der Waals surface area contributed by atoms with Gasteiger partial charge in [-0.15, -0.1) is 0 Å². The summed E-state index contributed by atoms with van der Waals surface area (Å²) < 4.78 is 16.9. The van der Waals surface area contributed by atoms with Crippen LogP contribution in [0, 0.1) is 24.7 Å². The summed E-state index contributed by atoms with van der Waals surface area (Å²) in [7, 11) is 0. The molecule has 7 heteroatoms. The van der Waals surface area contributed by atoms with Gasteiger partial charge in [0, 0.05) is 11.5 Å². The Bertz CT molecular complexity index is 1820. The molecule has 196 valence electrons. The van der Waals surface area contributed by atoms with Gasteiger partial charge < -0.3 is 14.2 Å². The SMILES string of the molecule is Cc1ccc2c(c1)OC(=O)[C@@H]1C2=C[C@H](c2ccc3c(c2)OCO3)[C@@H]2C(=O)N(c3ccc4ccccc4c3)C(=O)[C@@H]12. The molecule has 0 saturated carbocycles. The molecule has 0 unspecified atom stereocenters. The van der Waals surface area contributed by atoms with Gasteiger partial charge in [-0.2, -0.15) is 0 Å². The largest absolute Gasteiger partial charge is 0.454 e. The zero-order valence-electron chi connectivity index (χ0n) is 21.5. The van der Waals surface area contributed by atoms with E-state index in [0.717, 1.165) is 33.0 Å². The topological polar surface area (TPSA) is 82.1 Å². The van der Waals surface area contributed by atoms with E-state index >= 15 is 0 Å². The van der Waals surface area contributed by atoms with Crippen LogP contribution in [0.5, 0.6) is 17.2 Å². The van der Waals surface area contributed by atoms with E-state index in [2.05, 4.69) is 0 Å². The van der Waals surface area contributed by atoms with Gasteiger partial charge in [0.1, 0.15) is 5.75 Å². The van der Waals surface area contributed by atoms with Gasteiger partial charge in [0.2, 0.25) is 18.6 Å². The number of benzene rings is 4. The van der Waals surface area contributed by atoms with Crippen molar-refractivity contribution >= 4 is 39.8 Å². The Balaban J connectivity index is 1.31.